The molecule has 1 aromatic carbocycles. The average molecular weight is 239 g/mol. The molecule has 0 saturated heterocycles. The van der Waals surface area contributed by atoms with Crippen molar-refractivity contribution < 1.29 is 0 Å². The van der Waals surface area contributed by atoms with Gasteiger partial charge in [-0.3, -0.25) is 9.36 Å². The number of hydrogen-bond donors (Lipinski definition) is 0. The fraction of sp³-hybridized carbons (Fsp3) is 0.333. The fourth-order valence-electron chi connectivity index (χ4n) is 1.36. The van der Waals surface area contributed by atoms with Crippen LogP contribution in [-0.2, 0) is 6.54 Å². The van der Waals surface area contributed by atoms with E-state index >= 15 is 0 Å². The second-order valence-corrected chi connectivity index (χ2v) is 3.43. The summed E-state index contributed by atoms with van der Waals surface area (Å²) in [5, 5.41) is 1.13. The zero-order chi connectivity index (χ0) is 12.1. The highest BCUT2D eigenvalue weighted by atomic mass is 35.5. The highest BCUT2D eigenvalue weighted by Gasteiger charge is 2.02. The van der Waals surface area contributed by atoms with Gasteiger partial charge in [0.2, 0.25) is 0 Å². The third kappa shape index (κ3) is 2.42. The number of hydrogen-bond acceptors (Lipinski definition) is 2. The molecule has 4 heteroatoms. The van der Waals surface area contributed by atoms with E-state index in [-0.39, 0.29) is 5.56 Å². The van der Waals surface area contributed by atoms with Crippen LogP contribution in [-0.4, -0.2) is 9.55 Å². The lowest BCUT2D eigenvalue weighted by Crippen LogP contribution is -2.19. The minimum atomic E-state index is -0.0417. The Hall–Kier alpha value is -1.35. The van der Waals surface area contributed by atoms with E-state index < -0.39 is 0 Å². The summed E-state index contributed by atoms with van der Waals surface area (Å²) in [6, 6.07) is 5.13. The maximum absolute atomic E-state index is 11.8. The van der Waals surface area contributed by atoms with Crippen LogP contribution in [0.5, 0.6) is 0 Å². The van der Waals surface area contributed by atoms with Gasteiger partial charge in [-0.25, -0.2) is 4.98 Å². The molecule has 0 aliphatic heterocycles. The Balaban J connectivity index is 0.000000606. The van der Waals surface area contributed by atoms with Gasteiger partial charge in [0.1, 0.15) is 0 Å². The molecule has 0 fully saturated rings. The molecule has 16 heavy (non-hydrogen) atoms. The molecule has 3 nitrogen and oxygen atoms in total. The molecule has 0 amide bonds. The molecular weight excluding hydrogens is 224 g/mol. The summed E-state index contributed by atoms with van der Waals surface area (Å²) in [5.41, 5.74) is 0.643. The van der Waals surface area contributed by atoms with Gasteiger partial charge >= 0.3 is 0 Å². The number of aromatic nitrogens is 2. The predicted molar refractivity (Wildman–Crippen MR) is 68.0 cm³/mol. The van der Waals surface area contributed by atoms with Crippen molar-refractivity contribution in [3.8, 4) is 0 Å². The predicted octanol–water partition coefficient (Wildman–Crippen LogP) is 3.10. The number of benzene rings is 1. The standard InChI is InChI=1S/C10H9ClN2O.C2H6/c1-2-13-6-12-9-4-3-7(11)5-8(9)10(13)14;1-2/h3-6H,2H2,1H3;1-2H3. The van der Waals surface area contributed by atoms with E-state index in [9.17, 15) is 4.79 Å². The highest BCUT2D eigenvalue weighted by molar-refractivity contribution is 6.31. The average Bonchev–Trinajstić information content (AvgIpc) is 2.33. The molecule has 0 aliphatic carbocycles. The van der Waals surface area contributed by atoms with E-state index in [1.165, 1.54) is 0 Å². The Morgan fingerprint density at radius 2 is 2.06 bits per heavy atom. The lowest BCUT2D eigenvalue weighted by Gasteiger charge is -2.02. The largest absolute Gasteiger partial charge is 0.299 e. The van der Waals surface area contributed by atoms with Gasteiger partial charge in [0.25, 0.3) is 5.56 Å². The van der Waals surface area contributed by atoms with Crippen molar-refractivity contribution in [2.45, 2.75) is 27.3 Å². The molecule has 0 atom stereocenters. The monoisotopic (exact) mass is 238 g/mol. The molecule has 1 aromatic heterocycles. The summed E-state index contributed by atoms with van der Waals surface area (Å²) in [7, 11) is 0. The molecular formula is C12H15ClN2O. The number of fused-ring (bicyclic) bond motifs is 1. The molecule has 0 bridgehead atoms. The second-order valence-electron chi connectivity index (χ2n) is 3.00. The first kappa shape index (κ1) is 12.7. The Kier molecular flexibility index (Phi) is 4.50. The molecule has 0 radical (unpaired) electrons. The van der Waals surface area contributed by atoms with Gasteiger partial charge in [-0.05, 0) is 25.1 Å². The first-order valence-electron chi connectivity index (χ1n) is 5.37. The number of rotatable bonds is 1. The van der Waals surface area contributed by atoms with Crippen molar-refractivity contribution in [3.05, 3.63) is 39.9 Å². The van der Waals surface area contributed by atoms with E-state index in [4.69, 9.17) is 11.6 Å². The van der Waals surface area contributed by atoms with E-state index in [1.54, 1.807) is 29.1 Å². The smallest absolute Gasteiger partial charge is 0.261 e. The zero-order valence-electron chi connectivity index (χ0n) is 9.70. The van der Waals surface area contributed by atoms with Crippen LogP contribution in [0, 0.1) is 0 Å². The summed E-state index contributed by atoms with van der Waals surface area (Å²) in [6.07, 6.45) is 1.55. The van der Waals surface area contributed by atoms with Gasteiger partial charge in [-0.15, -0.1) is 0 Å². The van der Waals surface area contributed by atoms with E-state index in [2.05, 4.69) is 4.98 Å². The highest BCUT2D eigenvalue weighted by Crippen LogP contribution is 2.13. The summed E-state index contributed by atoms with van der Waals surface area (Å²) in [4.78, 5) is 15.9. The Morgan fingerprint density at radius 1 is 1.38 bits per heavy atom. The maximum atomic E-state index is 11.8. The van der Waals surface area contributed by atoms with E-state index in [0.717, 1.165) is 0 Å². The van der Waals surface area contributed by atoms with Gasteiger partial charge in [0, 0.05) is 11.6 Å². The first-order valence-corrected chi connectivity index (χ1v) is 5.75. The fourth-order valence-corrected chi connectivity index (χ4v) is 1.53. The van der Waals surface area contributed by atoms with Crippen LogP contribution in [0.15, 0.2) is 29.3 Å². The van der Waals surface area contributed by atoms with Crippen molar-refractivity contribution in [1.82, 2.24) is 9.55 Å². The molecule has 0 saturated carbocycles. The van der Waals surface area contributed by atoms with Crippen molar-refractivity contribution >= 4 is 22.5 Å². The topological polar surface area (TPSA) is 34.9 Å². The van der Waals surface area contributed by atoms with Crippen LogP contribution in [0.25, 0.3) is 10.9 Å². The summed E-state index contributed by atoms with van der Waals surface area (Å²) < 4.78 is 1.55. The van der Waals surface area contributed by atoms with Gasteiger partial charge in [-0.1, -0.05) is 25.4 Å². The van der Waals surface area contributed by atoms with Gasteiger partial charge < -0.3 is 0 Å². The van der Waals surface area contributed by atoms with Crippen LogP contribution in [0.1, 0.15) is 20.8 Å². The van der Waals surface area contributed by atoms with Crippen LogP contribution >= 0.6 is 11.6 Å². The SMILES string of the molecule is CC.CCn1cnc2ccc(Cl)cc2c1=O. The third-order valence-electron chi connectivity index (χ3n) is 2.13. The minimum Gasteiger partial charge on any atom is -0.299 e. The van der Waals surface area contributed by atoms with Gasteiger partial charge in [-0.2, -0.15) is 0 Å². The molecule has 2 aromatic rings. The normalized spacial score (nSPS) is 9.75. The van der Waals surface area contributed by atoms with Gasteiger partial charge in [0.15, 0.2) is 0 Å². The number of halogens is 1. The molecule has 2 rings (SSSR count). The van der Waals surface area contributed by atoms with Crippen molar-refractivity contribution in [2.24, 2.45) is 0 Å². The summed E-state index contributed by atoms with van der Waals surface area (Å²) in [6.45, 7) is 6.52. The van der Waals surface area contributed by atoms with Crippen LogP contribution in [0.4, 0.5) is 0 Å². The second kappa shape index (κ2) is 5.66. The molecule has 0 spiro atoms. The third-order valence-corrected chi connectivity index (χ3v) is 2.36. The molecule has 0 unspecified atom stereocenters. The quantitative estimate of drug-likeness (QED) is 0.765. The van der Waals surface area contributed by atoms with E-state index in [1.807, 2.05) is 20.8 Å². The Bertz CT molecular complexity index is 534. The lowest BCUT2D eigenvalue weighted by atomic mass is 10.2. The summed E-state index contributed by atoms with van der Waals surface area (Å²) >= 11 is 5.81. The van der Waals surface area contributed by atoms with Crippen LogP contribution < -0.4 is 5.56 Å². The maximum Gasteiger partial charge on any atom is 0.261 e. The van der Waals surface area contributed by atoms with Crippen LogP contribution in [0.2, 0.25) is 5.02 Å². The molecule has 86 valence electrons. The lowest BCUT2D eigenvalue weighted by molar-refractivity contribution is 0.717. The van der Waals surface area contributed by atoms with Crippen LogP contribution in [0.3, 0.4) is 0 Å². The molecule has 1 heterocycles. The van der Waals surface area contributed by atoms with Crippen molar-refractivity contribution in [3.63, 3.8) is 0 Å². The first-order chi connectivity index (χ1) is 7.72. The summed E-state index contributed by atoms with van der Waals surface area (Å²) in [5.74, 6) is 0. The van der Waals surface area contributed by atoms with E-state index in [0.29, 0.717) is 22.5 Å². The van der Waals surface area contributed by atoms with Crippen molar-refractivity contribution in [1.29, 1.82) is 0 Å². The molecule has 0 aliphatic rings. The zero-order valence-corrected chi connectivity index (χ0v) is 10.5. The van der Waals surface area contributed by atoms with Crippen molar-refractivity contribution in [2.75, 3.05) is 0 Å². The number of nitrogens with zero attached hydrogens (tertiary/aromatic N) is 2. The van der Waals surface area contributed by atoms with Gasteiger partial charge in [0.05, 0.1) is 17.2 Å². The Morgan fingerprint density at radius 3 is 2.69 bits per heavy atom. The minimum absolute atomic E-state index is 0.0417. The Labute approximate surface area is 99.7 Å². The number of aryl methyl sites for hydroxylation is 1. The molecule has 0 N–H and O–H groups in total.